The van der Waals surface area contributed by atoms with E-state index in [1.807, 2.05) is 13.0 Å². The molecule has 0 aliphatic heterocycles. The third kappa shape index (κ3) is 5.23. The molecule has 0 saturated carbocycles. The highest BCUT2D eigenvalue weighted by atomic mass is 127. The van der Waals surface area contributed by atoms with Crippen LogP contribution in [-0.2, 0) is 11.0 Å². The number of hydrogen-bond donors (Lipinski definition) is 2. The molecule has 0 fully saturated rings. The number of halogens is 4. The molecule has 0 saturated heterocycles. The summed E-state index contributed by atoms with van der Waals surface area (Å²) in [4.78, 5) is 12.2. The van der Waals surface area contributed by atoms with E-state index in [9.17, 15) is 18.0 Å². The van der Waals surface area contributed by atoms with Gasteiger partial charge >= 0.3 is 6.18 Å². The van der Waals surface area contributed by atoms with Crippen LogP contribution in [-0.4, -0.2) is 5.91 Å². The van der Waals surface area contributed by atoms with Crippen LogP contribution in [0.4, 0.5) is 24.5 Å². The van der Waals surface area contributed by atoms with Crippen molar-refractivity contribution < 1.29 is 18.0 Å². The molecule has 2 aromatic rings. The van der Waals surface area contributed by atoms with E-state index in [1.165, 1.54) is 12.1 Å². The number of benzene rings is 2. The van der Waals surface area contributed by atoms with Crippen LogP contribution in [0.25, 0.3) is 0 Å². The molecule has 0 aliphatic rings. The minimum absolute atomic E-state index is 0.117. The van der Waals surface area contributed by atoms with Gasteiger partial charge in [-0.15, -0.1) is 0 Å². The Morgan fingerprint density at radius 1 is 1.23 bits per heavy atom. The average Bonchev–Trinajstić information content (AvgIpc) is 2.57. The molecular weight excluding hydrogens is 458 g/mol. The standard InChI is InChI=1S/C18H13F3IN3O/c1-11-7-14(22)5-6-16(11)25-17(26)12(9-23)10-24-15-4-2-3-13(8-15)18(19,20)21/h2-8,10,24H,1H3,(H,25,26)/b12-10-. The van der Waals surface area contributed by atoms with Gasteiger partial charge in [-0.3, -0.25) is 4.79 Å². The fourth-order valence-electron chi connectivity index (χ4n) is 2.05. The largest absolute Gasteiger partial charge is 0.416 e. The lowest BCUT2D eigenvalue weighted by Crippen LogP contribution is -2.15. The third-order valence-electron chi connectivity index (χ3n) is 3.37. The van der Waals surface area contributed by atoms with E-state index in [1.54, 1.807) is 18.2 Å². The van der Waals surface area contributed by atoms with Gasteiger partial charge in [0.1, 0.15) is 11.6 Å². The van der Waals surface area contributed by atoms with E-state index < -0.39 is 17.6 Å². The molecule has 0 aromatic heterocycles. The summed E-state index contributed by atoms with van der Waals surface area (Å²) in [5.41, 5.74) is 0.406. The molecule has 134 valence electrons. The Labute approximate surface area is 161 Å². The zero-order valence-corrected chi connectivity index (χ0v) is 15.6. The first-order chi connectivity index (χ1) is 12.2. The zero-order chi connectivity index (χ0) is 19.3. The number of hydrogen-bond acceptors (Lipinski definition) is 3. The van der Waals surface area contributed by atoms with Crippen LogP contribution in [0.1, 0.15) is 11.1 Å². The van der Waals surface area contributed by atoms with E-state index in [0.29, 0.717) is 5.69 Å². The number of nitriles is 1. The fourth-order valence-corrected chi connectivity index (χ4v) is 2.69. The predicted octanol–water partition coefficient (Wildman–Crippen LogP) is 5.08. The van der Waals surface area contributed by atoms with Crippen LogP contribution in [0.2, 0.25) is 0 Å². The topological polar surface area (TPSA) is 64.9 Å². The number of nitrogens with zero attached hydrogens (tertiary/aromatic N) is 1. The SMILES string of the molecule is Cc1cc(I)ccc1NC(=O)/C(C#N)=C\Nc1cccc(C(F)(F)F)c1. The Bertz CT molecular complexity index is 901. The predicted molar refractivity (Wildman–Crippen MR) is 101 cm³/mol. The summed E-state index contributed by atoms with van der Waals surface area (Å²) in [6.07, 6.45) is -3.40. The van der Waals surface area contributed by atoms with Crippen molar-refractivity contribution in [3.63, 3.8) is 0 Å². The highest BCUT2D eigenvalue weighted by Gasteiger charge is 2.30. The minimum Gasteiger partial charge on any atom is -0.360 e. The zero-order valence-electron chi connectivity index (χ0n) is 13.5. The number of nitrogens with one attached hydrogen (secondary N) is 2. The molecule has 0 aliphatic carbocycles. The molecule has 0 unspecified atom stereocenters. The molecule has 0 radical (unpaired) electrons. The van der Waals surface area contributed by atoms with Crippen LogP contribution < -0.4 is 10.6 Å². The van der Waals surface area contributed by atoms with Gasteiger partial charge in [-0.2, -0.15) is 18.4 Å². The van der Waals surface area contributed by atoms with Gasteiger partial charge in [0.05, 0.1) is 5.56 Å². The summed E-state index contributed by atoms with van der Waals surface area (Å²) in [6, 6.07) is 11.6. The molecule has 1 amide bonds. The van der Waals surface area contributed by atoms with Crippen molar-refractivity contribution in [1.82, 2.24) is 0 Å². The number of alkyl halides is 3. The van der Waals surface area contributed by atoms with Crippen molar-refractivity contribution in [2.24, 2.45) is 0 Å². The highest BCUT2D eigenvalue weighted by Crippen LogP contribution is 2.30. The quantitative estimate of drug-likeness (QED) is 0.372. The highest BCUT2D eigenvalue weighted by molar-refractivity contribution is 14.1. The number of carbonyl (C=O) groups is 1. The molecule has 0 bridgehead atoms. The third-order valence-corrected chi connectivity index (χ3v) is 4.05. The Kier molecular flexibility index (Phi) is 6.26. The maximum atomic E-state index is 12.7. The Balaban J connectivity index is 2.15. The van der Waals surface area contributed by atoms with Gasteiger partial charge in [-0.1, -0.05) is 6.07 Å². The first kappa shape index (κ1) is 19.8. The van der Waals surface area contributed by atoms with Crippen molar-refractivity contribution in [3.05, 3.63) is 68.9 Å². The number of amides is 1. The van der Waals surface area contributed by atoms with Gasteiger partial charge in [0.2, 0.25) is 0 Å². The lowest BCUT2D eigenvalue weighted by atomic mass is 10.2. The molecule has 2 aromatic carbocycles. The maximum Gasteiger partial charge on any atom is 0.416 e. The van der Waals surface area contributed by atoms with Crippen molar-refractivity contribution in [2.75, 3.05) is 10.6 Å². The summed E-state index contributed by atoms with van der Waals surface area (Å²) in [5, 5.41) is 14.3. The molecule has 8 heteroatoms. The Morgan fingerprint density at radius 2 is 1.96 bits per heavy atom. The van der Waals surface area contributed by atoms with Crippen molar-refractivity contribution in [3.8, 4) is 6.07 Å². The molecule has 0 atom stereocenters. The van der Waals surface area contributed by atoms with Crippen LogP contribution in [0.3, 0.4) is 0 Å². The number of rotatable bonds is 4. The van der Waals surface area contributed by atoms with E-state index in [-0.39, 0.29) is 11.3 Å². The summed E-state index contributed by atoms with van der Waals surface area (Å²) >= 11 is 2.14. The smallest absolute Gasteiger partial charge is 0.360 e. The van der Waals surface area contributed by atoms with Crippen LogP contribution in [0.15, 0.2) is 54.2 Å². The van der Waals surface area contributed by atoms with Gasteiger partial charge in [-0.05, 0) is 71.5 Å². The van der Waals surface area contributed by atoms with Gasteiger partial charge in [0, 0.05) is 21.1 Å². The summed E-state index contributed by atoms with van der Waals surface area (Å²) < 4.78 is 39.1. The summed E-state index contributed by atoms with van der Waals surface area (Å²) in [5.74, 6) is -0.656. The Hall–Kier alpha value is -2.54. The van der Waals surface area contributed by atoms with Crippen LogP contribution in [0, 0.1) is 21.8 Å². The molecule has 2 rings (SSSR count). The van der Waals surface area contributed by atoms with Crippen LogP contribution in [0.5, 0.6) is 0 Å². The molecule has 0 heterocycles. The van der Waals surface area contributed by atoms with Gasteiger partial charge in [0.15, 0.2) is 0 Å². The average molecular weight is 471 g/mol. The normalized spacial score (nSPS) is 11.6. The van der Waals surface area contributed by atoms with E-state index in [0.717, 1.165) is 27.5 Å². The minimum atomic E-state index is -4.47. The lowest BCUT2D eigenvalue weighted by Gasteiger charge is -2.10. The second-order valence-corrected chi connectivity index (χ2v) is 6.55. The lowest BCUT2D eigenvalue weighted by molar-refractivity contribution is -0.137. The van der Waals surface area contributed by atoms with Crippen LogP contribution >= 0.6 is 22.6 Å². The molecule has 4 nitrogen and oxygen atoms in total. The van der Waals surface area contributed by atoms with E-state index in [2.05, 4.69) is 33.2 Å². The maximum absolute atomic E-state index is 12.7. The first-order valence-electron chi connectivity index (χ1n) is 7.32. The van der Waals surface area contributed by atoms with Gasteiger partial charge in [0.25, 0.3) is 5.91 Å². The van der Waals surface area contributed by atoms with Crippen molar-refractivity contribution in [2.45, 2.75) is 13.1 Å². The monoisotopic (exact) mass is 471 g/mol. The van der Waals surface area contributed by atoms with Gasteiger partial charge in [-0.25, -0.2) is 0 Å². The second kappa shape index (κ2) is 8.23. The summed E-state index contributed by atoms with van der Waals surface area (Å²) in [7, 11) is 0. The fraction of sp³-hybridized carbons (Fsp3) is 0.111. The summed E-state index contributed by atoms with van der Waals surface area (Å²) in [6.45, 7) is 1.81. The molecule has 26 heavy (non-hydrogen) atoms. The number of carbonyl (C=O) groups excluding carboxylic acids is 1. The van der Waals surface area contributed by atoms with Gasteiger partial charge < -0.3 is 10.6 Å². The molecule has 2 N–H and O–H groups in total. The first-order valence-corrected chi connectivity index (χ1v) is 8.40. The van der Waals surface area contributed by atoms with E-state index >= 15 is 0 Å². The number of anilines is 2. The Morgan fingerprint density at radius 3 is 2.58 bits per heavy atom. The second-order valence-electron chi connectivity index (χ2n) is 5.31. The molecular formula is C18H13F3IN3O. The molecule has 0 spiro atoms. The number of aryl methyl sites for hydroxylation is 1. The van der Waals surface area contributed by atoms with Crippen molar-refractivity contribution >= 4 is 39.9 Å². The van der Waals surface area contributed by atoms with Crippen molar-refractivity contribution in [1.29, 1.82) is 5.26 Å². The van der Waals surface area contributed by atoms with E-state index in [4.69, 9.17) is 5.26 Å².